The first-order chi connectivity index (χ1) is 13.5. The lowest BCUT2D eigenvalue weighted by molar-refractivity contribution is 0.0770. The van der Waals surface area contributed by atoms with Crippen LogP contribution in [0.2, 0.25) is 0 Å². The van der Waals surface area contributed by atoms with Gasteiger partial charge in [0.05, 0.1) is 23.6 Å². The molecule has 3 aromatic rings. The number of likely N-dealkylation sites (N-methyl/N-ethyl adjacent to an activating group) is 1. The summed E-state index contributed by atoms with van der Waals surface area (Å²) >= 11 is 1.57. The number of amides is 1. The first-order valence-electron chi connectivity index (χ1n) is 9.12. The summed E-state index contributed by atoms with van der Waals surface area (Å²) in [6.45, 7) is 4.85. The molecule has 0 fully saturated rings. The minimum atomic E-state index is -0.0229. The third kappa shape index (κ3) is 5.16. The molecule has 0 N–H and O–H groups in total. The zero-order valence-corrected chi connectivity index (χ0v) is 17.2. The average Bonchev–Trinajstić information content (AvgIpc) is 3.12. The Kier molecular flexibility index (Phi) is 6.76. The van der Waals surface area contributed by atoms with Crippen LogP contribution in [0.3, 0.4) is 0 Å². The number of aryl methyl sites for hydroxylation is 2. The minimum Gasteiger partial charge on any atom is -0.491 e. The van der Waals surface area contributed by atoms with Gasteiger partial charge in [-0.05, 0) is 37.6 Å². The Morgan fingerprint density at radius 3 is 2.64 bits per heavy atom. The number of rotatable bonds is 8. The van der Waals surface area contributed by atoms with E-state index in [0.29, 0.717) is 24.5 Å². The van der Waals surface area contributed by atoms with E-state index in [2.05, 4.69) is 5.16 Å². The van der Waals surface area contributed by atoms with Crippen LogP contribution in [0.1, 0.15) is 27.4 Å². The van der Waals surface area contributed by atoms with Gasteiger partial charge in [0.25, 0.3) is 5.91 Å². The summed E-state index contributed by atoms with van der Waals surface area (Å²) in [7, 11) is 1.80. The molecular formula is C22H24N2O3S. The van der Waals surface area contributed by atoms with Crippen molar-refractivity contribution in [3.8, 4) is 5.75 Å². The van der Waals surface area contributed by atoms with E-state index in [9.17, 15) is 4.79 Å². The van der Waals surface area contributed by atoms with E-state index in [1.165, 1.54) is 0 Å². The van der Waals surface area contributed by atoms with Crippen LogP contribution in [0.15, 0.2) is 64.0 Å². The summed E-state index contributed by atoms with van der Waals surface area (Å²) in [5.41, 5.74) is 2.62. The van der Waals surface area contributed by atoms with Crippen LogP contribution >= 0.6 is 11.8 Å². The quantitative estimate of drug-likeness (QED) is 0.515. The van der Waals surface area contributed by atoms with Crippen molar-refractivity contribution in [1.82, 2.24) is 10.1 Å². The van der Waals surface area contributed by atoms with Crippen LogP contribution in [0.5, 0.6) is 5.75 Å². The van der Waals surface area contributed by atoms with E-state index < -0.39 is 0 Å². The average molecular weight is 397 g/mol. The van der Waals surface area contributed by atoms with Crippen molar-refractivity contribution in [3.05, 3.63) is 77.2 Å². The van der Waals surface area contributed by atoms with Gasteiger partial charge in [-0.2, -0.15) is 0 Å². The van der Waals surface area contributed by atoms with Crippen LogP contribution in [-0.2, 0) is 5.75 Å². The predicted octanol–water partition coefficient (Wildman–Crippen LogP) is 4.73. The van der Waals surface area contributed by atoms with Gasteiger partial charge in [0.2, 0.25) is 0 Å². The number of carbonyl (C=O) groups is 1. The van der Waals surface area contributed by atoms with E-state index in [0.717, 1.165) is 27.7 Å². The first kappa shape index (κ1) is 20.0. The Labute approximate surface area is 169 Å². The number of hydrogen-bond donors (Lipinski definition) is 0. The van der Waals surface area contributed by atoms with Gasteiger partial charge in [-0.25, -0.2) is 0 Å². The molecule has 1 heterocycles. The third-order valence-electron chi connectivity index (χ3n) is 4.29. The lowest BCUT2D eigenvalue weighted by atomic mass is 10.2. The number of thioether (sulfide) groups is 1. The molecule has 0 aliphatic rings. The van der Waals surface area contributed by atoms with Gasteiger partial charge in [0.15, 0.2) is 0 Å². The SMILES string of the molecule is Cc1cc(CSc2ccccc2C(=O)N(C)CCOc2ccccc2C)on1. The van der Waals surface area contributed by atoms with Crippen molar-refractivity contribution in [2.75, 3.05) is 20.2 Å². The Hall–Kier alpha value is -2.73. The number of ether oxygens (including phenoxy) is 1. The number of aromatic nitrogens is 1. The van der Waals surface area contributed by atoms with Crippen molar-refractivity contribution in [2.45, 2.75) is 24.5 Å². The molecule has 0 aliphatic carbocycles. The number of carbonyl (C=O) groups excluding carboxylic acids is 1. The zero-order chi connectivity index (χ0) is 19.9. The van der Waals surface area contributed by atoms with Crippen LogP contribution in [0, 0.1) is 13.8 Å². The molecular weight excluding hydrogens is 372 g/mol. The van der Waals surface area contributed by atoms with Gasteiger partial charge >= 0.3 is 0 Å². The molecule has 0 radical (unpaired) electrons. The maximum Gasteiger partial charge on any atom is 0.254 e. The summed E-state index contributed by atoms with van der Waals surface area (Å²) < 4.78 is 11.1. The Morgan fingerprint density at radius 1 is 1.14 bits per heavy atom. The number of benzene rings is 2. The highest BCUT2D eigenvalue weighted by molar-refractivity contribution is 7.98. The van der Waals surface area contributed by atoms with Gasteiger partial charge < -0.3 is 14.2 Å². The number of hydrogen-bond acceptors (Lipinski definition) is 5. The second-order valence-electron chi connectivity index (χ2n) is 6.56. The number of nitrogens with zero attached hydrogens (tertiary/aromatic N) is 2. The molecule has 0 saturated carbocycles. The molecule has 6 heteroatoms. The summed E-state index contributed by atoms with van der Waals surface area (Å²) in [6.07, 6.45) is 0. The van der Waals surface area contributed by atoms with Crippen LogP contribution < -0.4 is 4.74 Å². The van der Waals surface area contributed by atoms with E-state index in [4.69, 9.17) is 9.26 Å². The standard InChI is InChI=1S/C22H24N2O3S/c1-16-8-4-6-10-20(16)26-13-12-24(3)22(25)19-9-5-7-11-21(19)28-15-18-14-17(2)23-27-18/h4-11,14H,12-13,15H2,1-3H3. The van der Waals surface area contributed by atoms with Crippen molar-refractivity contribution in [1.29, 1.82) is 0 Å². The Balaban J connectivity index is 1.59. The fourth-order valence-corrected chi connectivity index (χ4v) is 3.64. The van der Waals surface area contributed by atoms with Crippen LogP contribution in [-0.4, -0.2) is 36.2 Å². The molecule has 2 aromatic carbocycles. The van der Waals surface area contributed by atoms with Gasteiger partial charge in [0.1, 0.15) is 18.1 Å². The maximum atomic E-state index is 12.9. The maximum absolute atomic E-state index is 12.9. The molecule has 5 nitrogen and oxygen atoms in total. The lowest BCUT2D eigenvalue weighted by Gasteiger charge is -2.19. The second-order valence-corrected chi connectivity index (χ2v) is 7.58. The topological polar surface area (TPSA) is 55.6 Å². The molecule has 146 valence electrons. The van der Waals surface area contributed by atoms with Crippen LogP contribution in [0.4, 0.5) is 0 Å². The highest BCUT2D eigenvalue weighted by atomic mass is 32.2. The predicted molar refractivity (Wildman–Crippen MR) is 111 cm³/mol. The third-order valence-corrected chi connectivity index (χ3v) is 5.38. The van der Waals surface area contributed by atoms with Gasteiger partial charge in [0, 0.05) is 18.0 Å². The van der Waals surface area contributed by atoms with Crippen LogP contribution in [0.25, 0.3) is 0 Å². The van der Waals surface area contributed by atoms with Gasteiger partial charge in [-0.1, -0.05) is 35.5 Å². The number of para-hydroxylation sites is 1. The van der Waals surface area contributed by atoms with Gasteiger partial charge in [-0.3, -0.25) is 4.79 Å². The molecule has 0 unspecified atom stereocenters. The van der Waals surface area contributed by atoms with Crippen molar-refractivity contribution in [3.63, 3.8) is 0 Å². The molecule has 0 bridgehead atoms. The van der Waals surface area contributed by atoms with E-state index in [1.807, 2.05) is 68.4 Å². The second kappa shape index (κ2) is 9.46. The van der Waals surface area contributed by atoms with E-state index >= 15 is 0 Å². The molecule has 0 spiro atoms. The Morgan fingerprint density at radius 2 is 1.89 bits per heavy atom. The summed E-state index contributed by atoms with van der Waals surface area (Å²) in [6, 6.07) is 17.4. The molecule has 1 amide bonds. The van der Waals surface area contributed by atoms with Crippen molar-refractivity contribution in [2.24, 2.45) is 0 Å². The molecule has 0 aliphatic heterocycles. The molecule has 1 aromatic heterocycles. The van der Waals surface area contributed by atoms with Gasteiger partial charge in [-0.15, -0.1) is 11.8 Å². The normalized spacial score (nSPS) is 10.7. The highest BCUT2D eigenvalue weighted by Crippen LogP contribution is 2.27. The summed E-state index contributed by atoms with van der Waals surface area (Å²) in [4.78, 5) is 15.5. The summed E-state index contributed by atoms with van der Waals surface area (Å²) in [5, 5.41) is 3.90. The lowest BCUT2D eigenvalue weighted by Crippen LogP contribution is -2.31. The highest BCUT2D eigenvalue weighted by Gasteiger charge is 2.16. The van der Waals surface area contributed by atoms with E-state index in [1.54, 1.807) is 23.7 Å². The molecule has 28 heavy (non-hydrogen) atoms. The molecule has 0 saturated heterocycles. The van der Waals surface area contributed by atoms with Crippen molar-refractivity contribution >= 4 is 17.7 Å². The fourth-order valence-electron chi connectivity index (χ4n) is 2.72. The smallest absolute Gasteiger partial charge is 0.254 e. The monoisotopic (exact) mass is 396 g/mol. The minimum absolute atomic E-state index is 0.0229. The molecule has 0 atom stereocenters. The first-order valence-corrected chi connectivity index (χ1v) is 10.1. The fraction of sp³-hybridized carbons (Fsp3) is 0.273. The zero-order valence-electron chi connectivity index (χ0n) is 16.3. The summed E-state index contributed by atoms with van der Waals surface area (Å²) in [5.74, 6) is 2.25. The largest absolute Gasteiger partial charge is 0.491 e. The van der Waals surface area contributed by atoms with Crippen molar-refractivity contribution < 1.29 is 14.1 Å². The van der Waals surface area contributed by atoms with E-state index in [-0.39, 0.29) is 5.91 Å². The molecule has 3 rings (SSSR count). The Bertz CT molecular complexity index is 939.